The fraction of sp³-hybridized carbons (Fsp3) is 0.846. The van der Waals surface area contributed by atoms with Crippen LogP contribution in [0.2, 0.25) is 0 Å². The van der Waals surface area contributed by atoms with Crippen LogP contribution in [0, 0.1) is 5.92 Å². The lowest BCUT2D eigenvalue weighted by Crippen LogP contribution is -2.50. The van der Waals surface area contributed by atoms with E-state index in [1.807, 2.05) is 18.7 Å². The molecule has 0 aromatic heterocycles. The van der Waals surface area contributed by atoms with Gasteiger partial charge in [-0.15, -0.1) is 0 Å². The molecule has 1 fully saturated rings. The molecule has 0 aromatic carbocycles. The number of carbonyl (C=O) groups excluding carboxylic acids is 2. The minimum absolute atomic E-state index is 0.0193. The number of ether oxygens (including phenoxy) is 1. The van der Waals surface area contributed by atoms with E-state index < -0.39 is 0 Å². The molecule has 104 valence electrons. The molecule has 2 amide bonds. The van der Waals surface area contributed by atoms with Crippen LogP contribution in [0.25, 0.3) is 0 Å². The number of likely N-dealkylation sites (tertiary alicyclic amines) is 1. The third kappa shape index (κ3) is 4.20. The van der Waals surface area contributed by atoms with Crippen molar-refractivity contribution in [3.8, 4) is 0 Å². The number of nitrogens with one attached hydrogen (secondary N) is 1. The van der Waals surface area contributed by atoms with Crippen molar-refractivity contribution >= 4 is 12.0 Å². The molecule has 0 aromatic rings. The Morgan fingerprint density at radius 2 is 2.17 bits per heavy atom. The Morgan fingerprint density at radius 1 is 1.44 bits per heavy atom. The molecule has 1 N–H and O–H groups in total. The molecular weight excluding hydrogens is 232 g/mol. The van der Waals surface area contributed by atoms with E-state index in [0.717, 1.165) is 25.8 Å². The molecule has 0 spiro atoms. The van der Waals surface area contributed by atoms with Gasteiger partial charge in [-0.25, -0.2) is 4.79 Å². The first kappa shape index (κ1) is 14.8. The number of nitrogens with zero attached hydrogens (tertiary/aromatic N) is 1. The molecule has 1 aliphatic heterocycles. The highest BCUT2D eigenvalue weighted by Crippen LogP contribution is 2.14. The maximum atomic E-state index is 12.1. The Kier molecular flexibility index (Phi) is 5.95. The zero-order valence-corrected chi connectivity index (χ0v) is 11.6. The fourth-order valence-corrected chi connectivity index (χ4v) is 2.12. The van der Waals surface area contributed by atoms with Crippen molar-refractivity contribution in [2.24, 2.45) is 5.92 Å². The average Bonchev–Trinajstić information content (AvgIpc) is 2.37. The van der Waals surface area contributed by atoms with Gasteiger partial charge in [-0.2, -0.15) is 0 Å². The molecule has 1 heterocycles. The van der Waals surface area contributed by atoms with Crippen molar-refractivity contribution in [3.63, 3.8) is 0 Å². The number of amides is 2. The van der Waals surface area contributed by atoms with Gasteiger partial charge < -0.3 is 15.0 Å². The third-order valence-corrected chi connectivity index (χ3v) is 3.36. The zero-order valence-electron chi connectivity index (χ0n) is 11.6. The lowest BCUT2D eigenvalue weighted by molar-refractivity contribution is -0.136. The lowest BCUT2D eigenvalue weighted by atomic mass is 10.0. The summed E-state index contributed by atoms with van der Waals surface area (Å²) in [6.45, 7) is 7.50. The summed E-state index contributed by atoms with van der Waals surface area (Å²) in [5, 5.41) is 2.81. The molecule has 1 rings (SSSR count). The summed E-state index contributed by atoms with van der Waals surface area (Å²) in [5.41, 5.74) is 0. The van der Waals surface area contributed by atoms with Crippen LogP contribution in [0.4, 0.5) is 4.79 Å². The van der Waals surface area contributed by atoms with E-state index in [0.29, 0.717) is 13.2 Å². The minimum Gasteiger partial charge on any atom is -0.450 e. The summed E-state index contributed by atoms with van der Waals surface area (Å²) < 4.78 is 4.86. The molecule has 0 saturated carbocycles. The van der Waals surface area contributed by atoms with Gasteiger partial charge >= 0.3 is 6.09 Å². The summed E-state index contributed by atoms with van der Waals surface area (Å²) in [6, 6.07) is 0.0193. The molecule has 0 radical (unpaired) electrons. The second-order valence-corrected chi connectivity index (χ2v) is 4.80. The van der Waals surface area contributed by atoms with Gasteiger partial charge in [-0.1, -0.05) is 13.8 Å². The van der Waals surface area contributed by atoms with Crippen molar-refractivity contribution in [1.29, 1.82) is 0 Å². The Labute approximate surface area is 109 Å². The molecular formula is C13H24N2O3. The maximum Gasteiger partial charge on any atom is 0.407 e. The molecule has 18 heavy (non-hydrogen) atoms. The largest absolute Gasteiger partial charge is 0.450 e. The Bertz CT molecular complexity index is 294. The van der Waals surface area contributed by atoms with Crippen LogP contribution in [-0.2, 0) is 9.53 Å². The first-order valence-corrected chi connectivity index (χ1v) is 6.80. The minimum atomic E-state index is -0.389. The summed E-state index contributed by atoms with van der Waals surface area (Å²) >= 11 is 0. The number of piperidine rings is 1. The summed E-state index contributed by atoms with van der Waals surface area (Å²) in [5.74, 6) is 0.249. The van der Waals surface area contributed by atoms with Crippen molar-refractivity contribution in [2.75, 3.05) is 19.7 Å². The number of hydrogen-bond donors (Lipinski definition) is 1. The van der Waals surface area contributed by atoms with E-state index in [-0.39, 0.29) is 24.0 Å². The van der Waals surface area contributed by atoms with Crippen LogP contribution in [0.5, 0.6) is 0 Å². The highest BCUT2D eigenvalue weighted by atomic mass is 16.5. The molecule has 0 bridgehead atoms. The predicted molar refractivity (Wildman–Crippen MR) is 69.2 cm³/mol. The summed E-state index contributed by atoms with van der Waals surface area (Å²) in [7, 11) is 0. The van der Waals surface area contributed by atoms with Crippen molar-refractivity contribution < 1.29 is 14.3 Å². The monoisotopic (exact) mass is 256 g/mol. The van der Waals surface area contributed by atoms with Crippen LogP contribution in [0.15, 0.2) is 0 Å². The van der Waals surface area contributed by atoms with Crippen molar-refractivity contribution in [3.05, 3.63) is 0 Å². The Morgan fingerprint density at radius 3 is 2.78 bits per heavy atom. The van der Waals surface area contributed by atoms with Crippen molar-refractivity contribution in [2.45, 2.75) is 46.1 Å². The van der Waals surface area contributed by atoms with Gasteiger partial charge in [0.1, 0.15) is 0 Å². The van der Waals surface area contributed by atoms with E-state index in [4.69, 9.17) is 4.74 Å². The normalized spacial score (nSPS) is 21.3. The molecule has 1 saturated heterocycles. The molecule has 5 nitrogen and oxygen atoms in total. The van der Waals surface area contributed by atoms with Crippen LogP contribution in [0.1, 0.15) is 40.0 Å². The first-order valence-electron chi connectivity index (χ1n) is 6.80. The van der Waals surface area contributed by atoms with E-state index in [9.17, 15) is 9.59 Å². The Balaban J connectivity index is 2.45. The number of alkyl carbamates (subject to hydrolysis) is 1. The summed E-state index contributed by atoms with van der Waals surface area (Å²) in [6.07, 6.45) is 2.30. The van der Waals surface area contributed by atoms with E-state index >= 15 is 0 Å². The first-order chi connectivity index (χ1) is 8.58. The van der Waals surface area contributed by atoms with E-state index in [2.05, 4.69) is 5.32 Å². The fourth-order valence-electron chi connectivity index (χ4n) is 2.12. The summed E-state index contributed by atoms with van der Waals surface area (Å²) in [4.78, 5) is 25.3. The average molecular weight is 256 g/mol. The van der Waals surface area contributed by atoms with Gasteiger partial charge in [0.25, 0.3) is 0 Å². The second-order valence-electron chi connectivity index (χ2n) is 4.80. The number of carbonyl (C=O) groups is 2. The van der Waals surface area contributed by atoms with Crippen LogP contribution >= 0.6 is 0 Å². The van der Waals surface area contributed by atoms with Crippen LogP contribution in [-0.4, -0.2) is 42.6 Å². The second kappa shape index (κ2) is 7.24. The van der Waals surface area contributed by atoms with Crippen LogP contribution in [0.3, 0.4) is 0 Å². The van der Waals surface area contributed by atoms with Gasteiger partial charge in [0.05, 0.1) is 6.61 Å². The van der Waals surface area contributed by atoms with Gasteiger partial charge in [0.2, 0.25) is 5.91 Å². The van der Waals surface area contributed by atoms with Crippen LogP contribution < -0.4 is 5.32 Å². The van der Waals surface area contributed by atoms with Crippen molar-refractivity contribution in [1.82, 2.24) is 10.2 Å². The topological polar surface area (TPSA) is 58.6 Å². The molecule has 2 atom stereocenters. The number of rotatable bonds is 4. The zero-order chi connectivity index (χ0) is 13.5. The highest BCUT2D eigenvalue weighted by molar-refractivity contribution is 5.78. The quantitative estimate of drug-likeness (QED) is 0.834. The van der Waals surface area contributed by atoms with E-state index in [1.54, 1.807) is 6.92 Å². The van der Waals surface area contributed by atoms with Gasteiger partial charge in [-0.3, -0.25) is 4.79 Å². The van der Waals surface area contributed by atoms with Gasteiger partial charge in [-0.05, 0) is 26.2 Å². The molecule has 0 unspecified atom stereocenters. The SMILES string of the molecule is CCOC(=O)N[C@H]1CCCN(C(=O)[C@H](C)CC)C1. The molecule has 0 aliphatic carbocycles. The predicted octanol–water partition coefficient (Wildman–Crippen LogP) is 1.77. The smallest absolute Gasteiger partial charge is 0.407 e. The van der Waals surface area contributed by atoms with E-state index in [1.165, 1.54) is 0 Å². The molecule has 5 heteroatoms. The standard InChI is InChI=1S/C13H24N2O3/c1-4-10(3)12(16)15-8-6-7-11(9-15)14-13(17)18-5-2/h10-11H,4-9H2,1-3H3,(H,14,17)/t10-,11+/m1/s1. The highest BCUT2D eigenvalue weighted by Gasteiger charge is 2.26. The third-order valence-electron chi connectivity index (χ3n) is 3.36. The number of hydrogen-bond acceptors (Lipinski definition) is 3. The lowest BCUT2D eigenvalue weighted by Gasteiger charge is -2.34. The molecule has 1 aliphatic rings. The maximum absolute atomic E-state index is 12.1. The van der Waals surface area contributed by atoms with Gasteiger partial charge in [0, 0.05) is 25.0 Å². The van der Waals surface area contributed by atoms with Gasteiger partial charge in [0.15, 0.2) is 0 Å². The Hall–Kier alpha value is -1.26.